The fourth-order valence-corrected chi connectivity index (χ4v) is 3.10. The second-order valence-corrected chi connectivity index (χ2v) is 7.58. The number of terminal acetylenes is 4. The fraction of sp³-hybridized carbons (Fsp3) is 0.462. The van der Waals surface area contributed by atoms with Crippen molar-refractivity contribution >= 4 is 37.2 Å². The number of rotatable bonds is 7. The lowest BCUT2D eigenvalue weighted by molar-refractivity contribution is 0.433. The molecule has 1 saturated carbocycles. The fourth-order valence-electron chi connectivity index (χ4n) is 3.10. The minimum absolute atomic E-state index is 0.111. The molecule has 1 fully saturated rings. The Morgan fingerprint density at radius 2 is 1.68 bits per heavy atom. The van der Waals surface area contributed by atoms with Gasteiger partial charge in [0.05, 0.1) is 0 Å². The number of hydrogen-bond donors (Lipinski definition) is 0. The van der Waals surface area contributed by atoms with Crippen LogP contribution in [0.1, 0.15) is 58.8 Å². The Morgan fingerprint density at radius 1 is 1.11 bits per heavy atom. The molecule has 0 bridgehead atoms. The highest BCUT2D eigenvalue weighted by atomic mass is 128. The normalized spacial score (nSPS) is 20.2. The summed E-state index contributed by atoms with van der Waals surface area (Å²) in [5.74, 6) is 11.6. The van der Waals surface area contributed by atoms with Gasteiger partial charge in [0, 0.05) is 48.6 Å². The third-order valence-corrected chi connectivity index (χ3v) is 4.78. The van der Waals surface area contributed by atoms with Crippen LogP contribution >= 0.6 is 37.2 Å². The van der Waals surface area contributed by atoms with E-state index in [1.165, 1.54) is 6.42 Å². The Bertz CT molecular complexity index is 684. The van der Waals surface area contributed by atoms with E-state index >= 15 is 0 Å². The van der Waals surface area contributed by atoms with Crippen LogP contribution in [0.5, 0.6) is 0 Å². The third kappa shape index (κ3) is 14.0. The Kier molecular flexibility index (Phi) is 17.5. The summed E-state index contributed by atoms with van der Waals surface area (Å²) < 4.78 is 0. The molecule has 0 aliphatic heterocycles. The molecular formula is C26H32I2. The zero-order valence-electron chi connectivity index (χ0n) is 17.3. The molecule has 28 heavy (non-hydrogen) atoms. The van der Waals surface area contributed by atoms with Crippen LogP contribution in [0.3, 0.4) is 0 Å². The van der Waals surface area contributed by atoms with Crippen molar-refractivity contribution in [1.29, 1.82) is 0 Å². The highest BCUT2D eigenvalue weighted by Crippen LogP contribution is 2.43. The van der Waals surface area contributed by atoms with Crippen LogP contribution in [0.4, 0.5) is 0 Å². The molecule has 2 heteroatoms. The van der Waals surface area contributed by atoms with Gasteiger partial charge in [-0.05, 0) is 75.9 Å². The molecular weight excluding hydrogens is 566 g/mol. The maximum absolute atomic E-state index is 5.48. The molecule has 0 aromatic carbocycles. The first-order valence-corrected chi connectivity index (χ1v) is 15.5. The SMILES string of the molecule is C#CC(=C)CC(C#C)CCC(=C)C.C#CC(=C)CC1CCC(C)(C#C)C1.II. The molecule has 0 spiro atoms. The van der Waals surface area contributed by atoms with Crippen molar-refractivity contribution in [3.05, 3.63) is 36.5 Å². The van der Waals surface area contributed by atoms with Gasteiger partial charge in [-0.15, -0.1) is 44.1 Å². The zero-order chi connectivity index (χ0) is 22.2. The van der Waals surface area contributed by atoms with Crippen LogP contribution in [0, 0.1) is 66.6 Å². The van der Waals surface area contributed by atoms with E-state index in [0.717, 1.165) is 55.2 Å². The smallest absolute Gasteiger partial charge is 0.0286 e. The molecule has 0 N–H and O–H groups in total. The highest BCUT2D eigenvalue weighted by Gasteiger charge is 2.33. The Balaban J connectivity index is 0. The molecule has 3 atom stereocenters. The van der Waals surface area contributed by atoms with E-state index in [9.17, 15) is 0 Å². The van der Waals surface area contributed by atoms with Crippen LogP contribution in [0.25, 0.3) is 0 Å². The molecule has 0 radical (unpaired) electrons. The van der Waals surface area contributed by atoms with Gasteiger partial charge < -0.3 is 0 Å². The standard InChI is InChI=1S/2C13H16.I2/c1-5-11(3)9-12-7-8-13(4,6-2)10-12;1-6-12(5)10-13(7-2)9-8-11(3)4;1-2/h1-2,12H,3,7-10H2,4H3;1-2,13H,3,5,8-10H2,4H3;. The summed E-state index contributed by atoms with van der Waals surface area (Å²) in [5, 5.41) is 0. The first kappa shape index (κ1) is 29.1. The van der Waals surface area contributed by atoms with Gasteiger partial charge in [-0.25, -0.2) is 0 Å². The first-order chi connectivity index (χ1) is 13.2. The summed E-state index contributed by atoms with van der Waals surface area (Å²) in [6.07, 6.45) is 28.3. The average molecular weight is 598 g/mol. The lowest BCUT2D eigenvalue weighted by Crippen LogP contribution is -2.08. The van der Waals surface area contributed by atoms with E-state index in [-0.39, 0.29) is 11.3 Å². The van der Waals surface area contributed by atoms with Crippen LogP contribution in [-0.4, -0.2) is 0 Å². The van der Waals surface area contributed by atoms with E-state index in [1.54, 1.807) is 0 Å². The molecule has 0 heterocycles. The van der Waals surface area contributed by atoms with E-state index in [2.05, 4.69) is 87.6 Å². The number of allylic oxidation sites excluding steroid dienone is 3. The molecule has 3 unspecified atom stereocenters. The topological polar surface area (TPSA) is 0 Å². The van der Waals surface area contributed by atoms with E-state index in [0.29, 0.717) is 5.92 Å². The van der Waals surface area contributed by atoms with Gasteiger partial charge in [0.25, 0.3) is 0 Å². The monoisotopic (exact) mass is 598 g/mol. The van der Waals surface area contributed by atoms with Gasteiger partial charge in [0.15, 0.2) is 0 Å². The summed E-state index contributed by atoms with van der Waals surface area (Å²) in [4.78, 5) is 0. The molecule has 1 rings (SSSR count). The van der Waals surface area contributed by atoms with Crippen molar-refractivity contribution in [3.8, 4) is 49.4 Å². The minimum atomic E-state index is 0.111. The molecule has 1 aliphatic rings. The van der Waals surface area contributed by atoms with Crippen molar-refractivity contribution in [2.75, 3.05) is 0 Å². The van der Waals surface area contributed by atoms with E-state index < -0.39 is 0 Å². The maximum Gasteiger partial charge on any atom is 0.0286 e. The molecule has 0 aromatic heterocycles. The lowest BCUT2D eigenvalue weighted by Gasteiger charge is -2.15. The summed E-state index contributed by atoms with van der Waals surface area (Å²) in [6, 6.07) is 0. The summed E-state index contributed by atoms with van der Waals surface area (Å²) >= 11 is 4.24. The van der Waals surface area contributed by atoms with E-state index in [1.807, 2.05) is 6.92 Å². The summed E-state index contributed by atoms with van der Waals surface area (Å²) in [5.41, 5.74) is 2.96. The van der Waals surface area contributed by atoms with Gasteiger partial charge in [0.1, 0.15) is 0 Å². The Hall–Kier alpha value is -1.08. The third-order valence-electron chi connectivity index (χ3n) is 4.78. The molecule has 0 saturated heterocycles. The predicted octanol–water partition coefficient (Wildman–Crippen LogP) is 7.95. The molecule has 1 aliphatic carbocycles. The minimum Gasteiger partial charge on any atom is -0.120 e. The van der Waals surface area contributed by atoms with Gasteiger partial charge in [-0.2, -0.15) is 0 Å². The second kappa shape index (κ2) is 16.8. The molecule has 0 nitrogen and oxygen atoms in total. The van der Waals surface area contributed by atoms with Crippen LogP contribution in [0.2, 0.25) is 0 Å². The van der Waals surface area contributed by atoms with Gasteiger partial charge in [-0.3, -0.25) is 0 Å². The van der Waals surface area contributed by atoms with Crippen molar-refractivity contribution < 1.29 is 0 Å². The zero-order valence-corrected chi connectivity index (χ0v) is 21.6. The van der Waals surface area contributed by atoms with E-state index in [4.69, 9.17) is 25.7 Å². The summed E-state index contributed by atoms with van der Waals surface area (Å²) in [6.45, 7) is 15.5. The van der Waals surface area contributed by atoms with Gasteiger partial charge in [0.2, 0.25) is 0 Å². The molecule has 150 valence electrons. The second-order valence-electron chi connectivity index (χ2n) is 7.58. The van der Waals surface area contributed by atoms with Crippen molar-refractivity contribution in [3.63, 3.8) is 0 Å². The lowest BCUT2D eigenvalue weighted by atomic mass is 9.88. The van der Waals surface area contributed by atoms with Crippen molar-refractivity contribution in [2.24, 2.45) is 17.3 Å². The molecule has 0 aromatic rings. The van der Waals surface area contributed by atoms with Crippen LogP contribution in [-0.2, 0) is 0 Å². The number of halogens is 2. The maximum atomic E-state index is 5.48. The van der Waals surface area contributed by atoms with Gasteiger partial charge >= 0.3 is 0 Å². The highest BCUT2D eigenvalue weighted by molar-refractivity contribution is 15.0. The Labute approximate surface area is 197 Å². The quantitative estimate of drug-likeness (QED) is 0.159. The first-order valence-electron chi connectivity index (χ1n) is 9.21. The Morgan fingerprint density at radius 3 is 2.07 bits per heavy atom. The molecule has 0 amide bonds. The predicted molar refractivity (Wildman–Crippen MR) is 144 cm³/mol. The number of hydrogen-bond acceptors (Lipinski definition) is 0. The largest absolute Gasteiger partial charge is 0.120 e. The average Bonchev–Trinajstić information content (AvgIpc) is 3.07. The van der Waals surface area contributed by atoms with Crippen LogP contribution in [0.15, 0.2) is 36.5 Å². The van der Waals surface area contributed by atoms with Crippen LogP contribution < -0.4 is 0 Å². The van der Waals surface area contributed by atoms with Crippen molar-refractivity contribution in [2.45, 2.75) is 58.8 Å². The van der Waals surface area contributed by atoms with Crippen molar-refractivity contribution in [1.82, 2.24) is 0 Å². The van der Waals surface area contributed by atoms with Gasteiger partial charge in [-0.1, -0.05) is 30.6 Å². The summed E-state index contributed by atoms with van der Waals surface area (Å²) in [7, 11) is 0.